The highest BCUT2D eigenvalue weighted by atomic mass is 16.5. The van der Waals surface area contributed by atoms with Gasteiger partial charge in [0.1, 0.15) is 0 Å². The van der Waals surface area contributed by atoms with Crippen LogP contribution in [0.5, 0.6) is 0 Å². The van der Waals surface area contributed by atoms with Gasteiger partial charge in [0, 0.05) is 45.9 Å². The molecule has 140 valence electrons. The summed E-state index contributed by atoms with van der Waals surface area (Å²) in [5, 5.41) is 6.99. The Bertz CT molecular complexity index is 382. The van der Waals surface area contributed by atoms with Crippen molar-refractivity contribution in [2.45, 2.75) is 64.8 Å². The van der Waals surface area contributed by atoms with Crippen molar-refractivity contribution in [1.82, 2.24) is 15.5 Å². The first-order valence-corrected chi connectivity index (χ1v) is 9.95. The van der Waals surface area contributed by atoms with Crippen LogP contribution >= 0.6 is 0 Å². The summed E-state index contributed by atoms with van der Waals surface area (Å²) < 4.78 is 5.51. The molecule has 0 bridgehead atoms. The lowest BCUT2D eigenvalue weighted by molar-refractivity contribution is 0.128. The maximum absolute atomic E-state index is 5.51. The number of nitrogens with zero attached hydrogens (tertiary/aromatic N) is 2. The largest absolute Gasteiger partial charge is 0.382 e. The number of rotatable bonds is 10. The van der Waals surface area contributed by atoms with Gasteiger partial charge in [-0.1, -0.05) is 6.42 Å². The van der Waals surface area contributed by atoms with Crippen LogP contribution in [0, 0.1) is 5.41 Å². The maximum Gasteiger partial charge on any atom is 0.190 e. The molecule has 5 nitrogen and oxygen atoms in total. The molecule has 2 aliphatic rings. The highest BCUT2D eigenvalue weighted by Gasteiger charge is 2.41. The Kier molecular flexibility index (Phi) is 8.33. The van der Waals surface area contributed by atoms with Crippen molar-refractivity contribution in [1.29, 1.82) is 0 Å². The highest BCUT2D eigenvalue weighted by molar-refractivity contribution is 5.79. The van der Waals surface area contributed by atoms with Crippen molar-refractivity contribution in [2.75, 3.05) is 46.4 Å². The average Bonchev–Trinajstić information content (AvgIpc) is 3.36. The predicted octanol–water partition coefficient (Wildman–Crippen LogP) is 2.62. The minimum atomic E-state index is 0.454. The van der Waals surface area contributed by atoms with E-state index in [-0.39, 0.29) is 0 Å². The van der Waals surface area contributed by atoms with E-state index in [1.54, 1.807) is 0 Å². The third-order valence-electron chi connectivity index (χ3n) is 5.65. The van der Waals surface area contributed by atoms with Gasteiger partial charge in [-0.3, -0.25) is 4.99 Å². The molecule has 1 aliphatic carbocycles. The van der Waals surface area contributed by atoms with Crippen molar-refractivity contribution >= 4 is 5.96 Å². The quantitative estimate of drug-likeness (QED) is 0.365. The fourth-order valence-corrected chi connectivity index (χ4v) is 3.60. The van der Waals surface area contributed by atoms with Crippen LogP contribution in [-0.4, -0.2) is 63.3 Å². The number of ether oxygens (including phenoxy) is 1. The zero-order valence-corrected chi connectivity index (χ0v) is 16.1. The predicted molar refractivity (Wildman–Crippen MR) is 102 cm³/mol. The van der Waals surface area contributed by atoms with Gasteiger partial charge in [-0.25, -0.2) is 0 Å². The van der Waals surface area contributed by atoms with Crippen LogP contribution in [0.3, 0.4) is 0 Å². The molecular formula is C19H38N4O. The van der Waals surface area contributed by atoms with Gasteiger partial charge in [0.15, 0.2) is 5.96 Å². The number of piperidine rings is 1. The maximum atomic E-state index is 5.51. The van der Waals surface area contributed by atoms with Gasteiger partial charge in [-0.05, 0) is 64.3 Å². The van der Waals surface area contributed by atoms with E-state index in [0.717, 1.165) is 44.7 Å². The van der Waals surface area contributed by atoms with Gasteiger partial charge in [-0.15, -0.1) is 0 Å². The molecule has 1 heterocycles. The molecule has 24 heavy (non-hydrogen) atoms. The van der Waals surface area contributed by atoms with Gasteiger partial charge >= 0.3 is 0 Å². The van der Waals surface area contributed by atoms with Crippen molar-refractivity contribution in [3.63, 3.8) is 0 Å². The van der Waals surface area contributed by atoms with Crippen LogP contribution < -0.4 is 10.6 Å². The molecule has 1 saturated carbocycles. The molecule has 0 spiro atoms. The summed E-state index contributed by atoms with van der Waals surface area (Å²) in [6, 6.07) is 0.760. The summed E-state index contributed by atoms with van der Waals surface area (Å²) in [5.74, 6) is 0.948. The van der Waals surface area contributed by atoms with Crippen LogP contribution in [0.4, 0.5) is 0 Å². The highest BCUT2D eigenvalue weighted by Crippen LogP contribution is 2.48. The van der Waals surface area contributed by atoms with E-state index in [1.165, 1.54) is 51.6 Å². The van der Waals surface area contributed by atoms with Crippen LogP contribution in [0.2, 0.25) is 0 Å². The van der Waals surface area contributed by atoms with E-state index in [9.17, 15) is 0 Å². The second-order valence-corrected chi connectivity index (χ2v) is 7.53. The SMILES string of the molecule is CCOCCC1(CNC(=NC)NCCCN2CCCCC2C)CC1. The molecule has 0 aromatic rings. The minimum Gasteiger partial charge on any atom is -0.382 e. The van der Waals surface area contributed by atoms with Crippen LogP contribution in [0.25, 0.3) is 0 Å². The standard InChI is InChI=1S/C19H38N4O/c1-4-24-15-11-19(9-10-19)16-22-18(20-3)21-12-7-14-23-13-6-5-8-17(23)2/h17H,4-16H2,1-3H3,(H2,20,21,22). The van der Waals surface area contributed by atoms with Crippen LogP contribution in [-0.2, 0) is 4.74 Å². The second kappa shape index (κ2) is 10.2. The zero-order chi connectivity index (χ0) is 17.3. The lowest BCUT2D eigenvalue weighted by Crippen LogP contribution is -2.42. The first-order valence-electron chi connectivity index (χ1n) is 9.95. The van der Waals surface area contributed by atoms with Crippen molar-refractivity contribution < 1.29 is 4.74 Å². The third-order valence-corrected chi connectivity index (χ3v) is 5.65. The molecule has 1 atom stereocenters. The molecule has 0 radical (unpaired) electrons. The number of hydrogen-bond acceptors (Lipinski definition) is 3. The summed E-state index contributed by atoms with van der Waals surface area (Å²) in [7, 11) is 1.86. The van der Waals surface area contributed by atoms with E-state index in [1.807, 2.05) is 7.05 Å². The summed E-state index contributed by atoms with van der Waals surface area (Å²) in [6.45, 7) is 10.6. The van der Waals surface area contributed by atoms with E-state index in [0.29, 0.717) is 5.41 Å². The van der Waals surface area contributed by atoms with E-state index in [2.05, 4.69) is 34.4 Å². The smallest absolute Gasteiger partial charge is 0.190 e. The van der Waals surface area contributed by atoms with E-state index >= 15 is 0 Å². The average molecular weight is 339 g/mol. The Morgan fingerprint density at radius 2 is 2.12 bits per heavy atom. The molecule has 5 heteroatoms. The van der Waals surface area contributed by atoms with Gasteiger partial charge in [-0.2, -0.15) is 0 Å². The molecule has 2 rings (SSSR count). The zero-order valence-electron chi connectivity index (χ0n) is 16.1. The summed E-state index contributed by atoms with van der Waals surface area (Å²) in [4.78, 5) is 7.00. The molecule has 1 saturated heterocycles. The Morgan fingerprint density at radius 3 is 2.79 bits per heavy atom. The van der Waals surface area contributed by atoms with Crippen molar-refractivity contribution in [2.24, 2.45) is 10.4 Å². The van der Waals surface area contributed by atoms with Crippen molar-refractivity contribution in [3.8, 4) is 0 Å². The first-order chi connectivity index (χ1) is 11.7. The molecule has 0 aromatic carbocycles. The number of aliphatic imine (C=N–C) groups is 1. The van der Waals surface area contributed by atoms with E-state index < -0.39 is 0 Å². The lowest BCUT2D eigenvalue weighted by atomic mass is 10.0. The molecule has 1 aliphatic heterocycles. The fourth-order valence-electron chi connectivity index (χ4n) is 3.60. The summed E-state index contributed by atoms with van der Waals surface area (Å²) in [6.07, 6.45) is 9.11. The Hall–Kier alpha value is -0.810. The Morgan fingerprint density at radius 1 is 1.29 bits per heavy atom. The van der Waals surface area contributed by atoms with Crippen LogP contribution in [0.1, 0.15) is 58.8 Å². The number of hydrogen-bond donors (Lipinski definition) is 2. The van der Waals surface area contributed by atoms with Crippen LogP contribution in [0.15, 0.2) is 4.99 Å². The monoisotopic (exact) mass is 338 g/mol. The van der Waals surface area contributed by atoms with E-state index in [4.69, 9.17) is 4.74 Å². The first kappa shape index (κ1) is 19.5. The molecule has 2 fully saturated rings. The molecule has 0 amide bonds. The van der Waals surface area contributed by atoms with Gasteiger partial charge in [0.05, 0.1) is 0 Å². The molecule has 2 N–H and O–H groups in total. The third kappa shape index (κ3) is 6.60. The van der Waals surface area contributed by atoms with Gasteiger partial charge in [0.25, 0.3) is 0 Å². The normalized spacial score (nSPS) is 24.0. The fraction of sp³-hybridized carbons (Fsp3) is 0.947. The van der Waals surface area contributed by atoms with Gasteiger partial charge in [0.2, 0.25) is 0 Å². The number of likely N-dealkylation sites (tertiary alicyclic amines) is 1. The topological polar surface area (TPSA) is 48.9 Å². The van der Waals surface area contributed by atoms with Crippen molar-refractivity contribution in [3.05, 3.63) is 0 Å². The summed E-state index contributed by atoms with van der Waals surface area (Å²) in [5.41, 5.74) is 0.454. The Balaban J connectivity index is 1.57. The second-order valence-electron chi connectivity index (χ2n) is 7.53. The minimum absolute atomic E-state index is 0.454. The van der Waals surface area contributed by atoms with Gasteiger partial charge < -0.3 is 20.3 Å². The molecule has 1 unspecified atom stereocenters. The number of guanidine groups is 1. The summed E-state index contributed by atoms with van der Waals surface area (Å²) >= 11 is 0. The lowest BCUT2D eigenvalue weighted by Gasteiger charge is -2.33. The molecule has 0 aromatic heterocycles. The Labute approximate surface area is 148 Å². The molecular weight excluding hydrogens is 300 g/mol. The number of nitrogens with one attached hydrogen (secondary N) is 2.